The van der Waals surface area contributed by atoms with Gasteiger partial charge in [-0.25, -0.2) is 0 Å². The number of rotatable bonds is 8. The van der Waals surface area contributed by atoms with Crippen LogP contribution < -0.4 is 16.2 Å². The first-order chi connectivity index (χ1) is 15.0. The van der Waals surface area contributed by atoms with Crippen LogP contribution in [0.1, 0.15) is 26.7 Å². The second-order valence-electron chi connectivity index (χ2n) is 6.63. The summed E-state index contributed by atoms with van der Waals surface area (Å²) in [6, 6.07) is 16.1. The number of carbonyl (C=O) groups excluding carboxylic acids is 2. The van der Waals surface area contributed by atoms with Gasteiger partial charge in [-0.2, -0.15) is 0 Å². The summed E-state index contributed by atoms with van der Waals surface area (Å²) in [6.07, 6.45) is 0.857. The minimum absolute atomic E-state index is 0.0955. The van der Waals surface area contributed by atoms with Crippen molar-refractivity contribution in [3.05, 3.63) is 65.0 Å². The summed E-state index contributed by atoms with van der Waals surface area (Å²) in [6.45, 7) is 3.63. The topological polar surface area (TPSA) is 117 Å². The number of hydrogen-bond acceptors (Lipinski definition) is 6. The number of nitrogens with one attached hydrogen (secondary N) is 3. The van der Waals surface area contributed by atoms with Crippen molar-refractivity contribution in [1.29, 1.82) is 0 Å². The molecule has 1 aromatic heterocycles. The quantitative estimate of drug-likeness (QED) is 0.463. The first-order valence-electron chi connectivity index (χ1n) is 9.90. The van der Waals surface area contributed by atoms with Gasteiger partial charge < -0.3 is 10.6 Å². The Kier molecular flexibility index (Phi) is 7.55. The van der Waals surface area contributed by atoms with E-state index in [0.29, 0.717) is 29.8 Å². The van der Waals surface area contributed by atoms with E-state index in [1.165, 1.54) is 0 Å². The van der Waals surface area contributed by atoms with E-state index in [2.05, 4.69) is 25.8 Å². The lowest BCUT2D eigenvalue weighted by molar-refractivity contribution is -0.116. The van der Waals surface area contributed by atoms with Gasteiger partial charge in [-0.3, -0.25) is 19.4 Å². The lowest BCUT2D eigenvalue weighted by Crippen LogP contribution is -2.25. The molecule has 9 heteroatoms. The van der Waals surface area contributed by atoms with Crippen LogP contribution in [0, 0.1) is 0 Å². The van der Waals surface area contributed by atoms with Crippen molar-refractivity contribution < 1.29 is 9.59 Å². The maximum absolute atomic E-state index is 12.7. The van der Waals surface area contributed by atoms with Crippen LogP contribution in [0.15, 0.2) is 64.5 Å². The molecule has 0 spiro atoms. The van der Waals surface area contributed by atoms with Gasteiger partial charge >= 0.3 is 0 Å². The highest BCUT2D eigenvalue weighted by molar-refractivity contribution is 8.00. The summed E-state index contributed by atoms with van der Waals surface area (Å²) in [4.78, 5) is 39.8. The van der Waals surface area contributed by atoms with Gasteiger partial charge in [0.25, 0.3) is 5.56 Å². The van der Waals surface area contributed by atoms with Gasteiger partial charge in [0.15, 0.2) is 10.9 Å². The Bertz CT molecular complexity index is 1120. The Labute approximate surface area is 183 Å². The van der Waals surface area contributed by atoms with Crippen LogP contribution in [0.5, 0.6) is 0 Å². The average Bonchev–Trinajstić information content (AvgIpc) is 2.78. The Morgan fingerprint density at radius 2 is 1.71 bits per heavy atom. The van der Waals surface area contributed by atoms with Crippen LogP contribution in [0.2, 0.25) is 0 Å². The molecular formula is C22H23N5O3S. The molecule has 160 valence electrons. The summed E-state index contributed by atoms with van der Waals surface area (Å²) >= 11 is 1.14. The predicted octanol–water partition coefficient (Wildman–Crippen LogP) is 3.69. The van der Waals surface area contributed by atoms with Crippen LogP contribution in [0.3, 0.4) is 0 Å². The largest absolute Gasteiger partial charge is 0.325 e. The number of para-hydroxylation sites is 2. The molecule has 0 aliphatic carbocycles. The monoisotopic (exact) mass is 437 g/mol. The highest BCUT2D eigenvalue weighted by Crippen LogP contribution is 2.26. The number of carbonyl (C=O) groups is 2. The van der Waals surface area contributed by atoms with Crippen LogP contribution in [0.25, 0.3) is 11.3 Å². The number of H-pyrrole nitrogens is 1. The lowest BCUT2D eigenvalue weighted by atomic mass is 10.1. The number of hydrogen-bond donors (Lipinski definition) is 3. The normalized spacial score (nSPS) is 11.5. The molecule has 2 aromatic carbocycles. The highest BCUT2D eigenvalue weighted by atomic mass is 32.2. The summed E-state index contributed by atoms with van der Waals surface area (Å²) in [5.74, 6) is -0.350. The predicted molar refractivity (Wildman–Crippen MR) is 122 cm³/mol. The SMILES string of the molecule is CCC(=O)Nc1ccccc1-c1nnc(SC(CC)C(=O)Nc2ccccc2)[nH]c1=O. The lowest BCUT2D eigenvalue weighted by Gasteiger charge is -2.14. The molecule has 1 unspecified atom stereocenters. The van der Waals surface area contributed by atoms with Crippen molar-refractivity contribution in [2.75, 3.05) is 10.6 Å². The van der Waals surface area contributed by atoms with E-state index >= 15 is 0 Å². The summed E-state index contributed by atoms with van der Waals surface area (Å²) in [5.41, 5.74) is 1.31. The number of nitrogens with zero attached hydrogens (tertiary/aromatic N) is 2. The van der Waals surface area contributed by atoms with E-state index in [1.54, 1.807) is 43.3 Å². The summed E-state index contributed by atoms with van der Waals surface area (Å²) in [5, 5.41) is 13.6. The fourth-order valence-electron chi connectivity index (χ4n) is 2.79. The molecule has 0 bridgehead atoms. The average molecular weight is 438 g/mol. The van der Waals surface area contributed by atoms with Crippen molar-refractivity contribution in [1.82, 2.24) is 15.2 Å². The third-order valence-corrected chi connectivity index (χ3v) is 5.65. The van der Waals surface area contributed by atoms with Crippen molar-refractivity contribution in [3.8, 4) is 11.3 Å². The standard InChI is InChI=1S/C22H23N5O3S/c1-3-17(20(29)23-14-10-6-5-7-11-14)31-22-25-21(30)19(26-27-22)15-12-8-9-13-16(15)24-18(28)4-2/h5-13,17H,3-4H2,1-2H3,(H,23,29)(H,24,28)(H,25,27,30). The number of benzene rings is 2. The van der Waals surface area contributed by atoms with E-state index in [4.69, 9.17) is 0 Å². The zero-order valence-electron chi connectivity index (χ0n) is 17.2. The van der Waals surface area contributed by atoms with Gasteiger partial charge in [0.05, 0.1) is 10.9 Å². The van der Waals surface area contributed by atoms with Crippen LogP contribution >= 0.6 is 11.8 Å². The zero-order valence-corrected chi connectivity index (χ0v) is 18.0. The van der Waals surface area contributed by atoms with Crippen molar-refractivity contribution >= 4 is 35.0 Å². The molecule has 0 radical (unpaired) electrons. The smallest absolute Gasteiger partial charge is 0.278 e. The second kappa shape index (κ2) is 10.5. The number of thioether (sulfide) groups is 1. The highest BCUT2D eigenvalue weighted by Gasteiger charge is 2.21. The molecular weight excluding hydrogens is 414 g/mol. The maximum atomic E-state index is 12.7. The molecule has 0 aliphatic heterocycles. The molecule has 1 atom stereocenters. The van der Waals surface area contributed by atoms with E-state index in [1.807, 2.05) is 25.1 Å². The molecule has 0 fully saturated rings. The van der Waals surface area contributed by atoms with E-state index in [-0.39, 0.29) is 22.7 Å². The molecule has 0 saturated heterocycles. The molecule has 3 aromatic rings. The number of amides is 2. The zero-order chi connectivity index (χ0) is 22.2. The summed E-state index contributed by atoms with van der Waals surface area (Å²) < 4.78 is 0. The molecule has 31 heavy (non-hydrogen) atoms. The van der Waals surface area contributed by atoms with Gasteiger partial charge in [0.1, 0.15) is 0 Å². The fraction of sp³-hybridized carbons (Fsp3) is 0.227. The van der Waals surface area contributed by atoms with Gasteiger partial charge in [-0.1, -0.05) is 62.0 Å². The van der Waals surface area contributed by atoms with E-state index in [0.717, 1.165) is 11.8 Å². The molecule has 1 heterocycles. The Hall–Kier alpha value is -3.46. The van der Waals surface area contributed by atoms with Gasteiger partial charge in [0, 0.05) is 17.7 Å². The number of aromatic nitrogens is 3. The third kappa shape index (κ3) is 5.79. The molecule has 2 amide bonds. The maximum Gasteiger partial charge on any atom is 0.278 e. The van der Waals surface area contributed by atoms with Crippen LogP contribution in [0.4, 0.5) is 11.4 Å². The Morgan fingerprint density at radius 1 is 1.00 bits per heavy atom. The Morgan fingerprint density at radius 3 is 2.39 bits per heavy atom. The minimum atomic E-state index is -0.452. The molecule has 0 saturated carbocycles. The first kappa shape index (κ1) is 22.2. The fourth-order valence-corrected chi connectivity index (χ4v) is 3.63. The van der Waals surface area contributed by atoms with Gasteiger partial charge in [0.2, 0.25) is 11.8 Å². The van der Waals surface area contributed by atoms with Crippen LogP contribution in [-0.4, -0.2) is 32.2 Å². The second-order valence-corrected chi connectivity index (χ2v) is 7.82. The third-order valence-electron chi connectivity index (χ3n) is 4.41. The van der Waals surface area contributed by atoms with Gasteiger partial charge in [-0.15, -0.1) is 10.2 Å². The molecule has 3 rings (SSSR count). The number of aromatic amines is 1. The van der Waals surface area contributed by atoms with Crippen LogP contribution in [-0.2, 0) is 9.59 Å². The van der Waals surface area contributed by atoms with Crippen molar-refractivity contribution in [2.45, 2.75) is 37.1 Å². The molecule has 3 N–H and O–H groups in total. The minimum Gasteiger partial charge on any atom is -0.325 e. The molecule has 0 aliphatic rings. The van der Waals surface area contributed by atoms with Crippen molar-refractivity contribution in [3.63, 3.8) is 0 Å². The van der Waals surface area contributed by atoms with E-state index < -0.39 is 10.8 Å². The summed E-state index contributed by atoms with van der Waals surface area (Å²) in [7, 11) is 0. The molecule has 8 nitrogen and oxygen atoms in total. The first-order valence-corrected chi connectivity index (χ1v) is 10.8. The number of anilines is 2. The Balaban J connectivity index is 1.79. The van der Waals surface area contributed by atoms with Gasteiger partial charge in [-0.05, 0) is 24.6 Å². The van der Waals surface area contributed by atoms with E-state index in [9.17, 15) is 14.4 Å². The van der Waals surface area contributed by atoms with Crippen molar-refractivity contribution in [2.24, 2.45) is 0 Å².